The first-order valence-electron chi connectivity index (χ1n) is 12.6. The second-order valence-electron chi connectivity index (χ2n) is 10.6. The molecule has 7 heteroatoms. The first-order chi connectivity index (χ1) is 17.7. The van der Waals surface area contributed by atoms with Crippen molar-refractivity contribution in [2.24, 2.45) is 17.8 Å². The molecule has 1 saturated heterocycles. The number of carbonyl (C=O) groups excluding carboxylic acids is 4. The van der Waals surface area contributed by atoms with Crippen LogP contribution < -0.4 is 0 Å². The number of nitrogens with zero attached hydrogens (tertiary/aromatic N) is 1. The lowest BCUT2D eigenvalue weighted by atomic mass is 9.59. The van der Waals surface area contributed by atoms with Crippen molar-refractivity contribution in [1.82, 2.24) is 4.90 Å². The highest BCUT2D eigenvalue weighted by atomic mass is 32.1. The number of allylic oxidation sites excluding steroid dienone is 6. The Morgan fingerprint density at radius 3 is 2.43 bits per heavy atom. The van der Waals surface area contributed by atoms with Crippen LogP contribution in [0, 0.1) is 31.6 Å². The summed E-state index contributed by atoms with van der Waals surface area (Å²) >= 11 is 1.51. The van der Waals surface area contributed by atoms with Crippen molar-refractivity contribution in [2.75, 3.05) is 0 Å². The number of likely N-dealkylation sites (tertiary alicyclic amines) is 1. The second-order valence-corrected chi connectivity index (χ2v) is 11.6. The van der Waals surface area contributed by atoms with Crippen molar-refractivity contribution >= 4 is 34.7 Å². The Kier molecular flexibility index (Phi) is 5.46. The summed E-state index contributed by atoms with van der Waals surface area (Å²) in [4.78, 5) is 56.2. The Labute approximate surface area is 219 Å². The third-order valence-corrected chi connectivity index (χ3v) is 9.26. The molecule has 6 rings (SSSR count). The highest BCUT2D eigenvalue weighted by Crippen LogP contribution is 2.55. The average molecular weight is 514 g/mol. The number of aromatic hydroxyl groups is 1. The van der Waals surface area contributed by atoms with Crippen molar-refractivity contribution in [3.63, 3.8) is 0 Å². The molecule has 4 atom stereocenters. The Morgan fingerprint density at radius 1 is 1.03 bits per heavy atom. The molecule has 1 aromatic heterocycles. The van der Waals surface area contributed by atoms with E-state index in [2.05, 4.69) is 0 Å². The molecule has 2 heterocycles. The van der Waals surface area contributed by atoms with Gasteiger partial charge >= 0.3 is 0 Å². The molecule has 1 fully saturated rings. The van der Waals surface area contributed by atoms with Crippen LogP contribution in [0.2, 0.25) is 0 Å². The highest BCUT2D eigenvalue weighted by molar-refractivity contribution is 7.09. The van der Waals surface area contributed by atoms with Gasteiger partial charge in [-0.3, -0.25) is 24.1 Å². The predicted octanol–water partition coefficient (Wildman–Crippen LogP) is 4.70. The molecule has 0 bridgehead atoms. The fraction of sp³-hybridized carbons (Fsp3) is 0.333. The number of phenolic OH excluding ortho intramolecular Hbond substituents is 1. The van der Waals surface area contributed by atoms with E-state index in [-0.39, 0.29) is 48.0 Å². The molecule has 6 nitrogen and oxygen atoms in total. The summed E-state index contributed by atoms with van der Waals surface area (Å²) in [5, 5.41) is 12.3. The van der Waals surface area contributed by atoms with E-state index in [9.17, 15) is 24.3 Å². The summed E-state index contributed by atoms with van der Waals surface area (Å²) in [6.07, 6.45) is 4.14. The summed E-state index contributed by atoms with van der Waals surface area (Å²) < 4.78 is 0. The number of thiophene rings is 1. The molecule has 37 heavy (non-hydrogen) atoms. The topological polar surface area (TPSA) is 91.8 Å². The number of fused-ring (bicyclic) bond motifs is 3. The van der Waals surface area contributed by atoms with E-state index in [1.807, 2.05) is 49.6 Å². The molecule has 2 amide bonds. The number of phenols is 1. The lowest BCUT2D eigenvalue weighted by molar-refractivity contribution is -0.140. The number of hydrogen-bond donors (Lipinski definition) is 1. The van der Waals surface area contributed by atoms with Gasteiger partial charge in [-0.05, 0) is 73.7 Å². The average Bonchev–Trinajstić information content (AvgIpc) is 3.47. The van der Waals surface area contributed by atoms with Crippen molar-refractivity contribution in [2.45, 2.75) is 46.1 Å². The summed E-state index contributed by atoms with van der Waals surface area (Å²) in [6.45, 7) is 5.53. The molecule has 2 aromatic rings. The number of carbonyl (C=O) groups is 4. The predicted molar refractivity (Wildman–Crippen MR) is 139 cm³/mol. The number of benzene rings is 1. The Hall–Kier alpha value is -3.58. The fourth-order valence-corrected chi connectivity index (χ4v) is 7.39. The van der Waals surface area contributed by atoms with Gasteiger partial charge < -0.3 is 5.11 Å². The molecule has 0 radical (unpaired) electrons. The first kappa shape index (κ1) is 23.8. The van der Waals surface area contributed by atoms with Crippen molar-refractivity contribution in [1.29, 1.82) is 0 Å². The van der Waals surface area contributed by atoms with E-state index in [1.165, 1.54) is 22.3 Å². The summed E-state index contributed by atoms with van der Waals surface area (Å²) in [5.41, 5.74) is 4.43. The lowest BCUT2D eigenvalue weighted by Gasteiger charge is -2.42. The molecular weight excluding hydrogens is 486 g/mol. The van der Waals surface area contributed by atoms with Crippen LogP contribution in [-0.2, 0) is 25.7 Å². The van der Waals surface area contributed by atoms with Crippen LogP contribution in [0.4, 0.5) is 0 Å². The fourth-order valence-electron chi connectivity index (χ4n) is 6.70. The van der Waals surface area contributed by atoms with Gasteiger partial charge in [-0.2, -0.15) is 0 Å². The van der Waals surface area contributed by atoms with Crippen molar-refractivity contribution < 1.29 is 24.3 Å². The summed E-state index contributed by atoms with van der Waals surface area (Å²) in [7, 11) is 0. The molecule has 1 aliphatic heterocycles. The standard InChI is InChI=1S/C30H27NO5S/c1-14-9-17(10-15(2)27(14)33)24-19-6-7-20-25(30(36)31(29(20)35)13-18-5-4-8-37-18)21(19)12-22-26(24)23(32)11-16(3)28(22)34/h4-6,8-11,20-21,24-25,33H,7,12-13H2,1-3H3/t20-,21+,24-,25-/m0/s1. The number of aryl methyl sites for hydroxylation is 2. The van der Waals surface area contributed by atoms with Gasteiger partial charge in [0, 0.05) is 27.5 Å². The van der Waals surface area contributed by atoms with Gasteiger partial charge in [0.2, 0.25) is 11.8 Å². The zero-order chi connectivity index (χ0) is 26.2. The zero-order valence-electron chi connectivity index (χ0n) is 20.9. The maximum absolute atomic E-state index is 13.8. The van der Waals surface area contributed by atoms with E-state index in [1.54, 1.807) is 6.92 Å². The van der Waals surface area contributed by atoms with Crippen LogP contribution >= 0.6 is 11.3 Å². The minimum atomic E-state index is -0.558. The van der Waals surface area contributed by atoms with Crippen LogP contribution in [-0.4, -0.2) is 33.4 Å². The minimum Gasteiger partial charge on any atom is -0.507 e. The maximum Gasteiger partial charge on any atom is 0.234 e. The SMILES string of the molecule is CC1=CC(=O)C2=C(C[C@@H]3C(=CC[C@@H]4C(=O)N(Cc5cccs5)C(=O)[C@@H]43)[C@@H]2c2cc(C)c(O)c(C)c2)C1=O. The molecule has 0 saturated carbocycles. The van der Waals surface area contributed by atoms with Gasteiger partial charge in [-0.15, -0.1) is 11.3 Å². The third-order valence-electron chi connectivity index (χ3n) is 8.39. The summed E-state index contributed by atoms with van der Waals surface area (Å²) in [5.74, 6) is -2.36. The maximum atomic E-state index is 13.8. The molecule has 3 aliphatic carbocycles. The lowest BCUT2D eigenvalue weighted by Crippen LogP contribution is -2.39. The number of Topliss-reactive ketones (excluding diaryl/α,β-unsaturated/α-hetero) is 1. The summed E-state index contributed by atoms with van der Waals surface area (Å²) in [6, 6.07) is 7.54. The van der Waals surface area contributed by atoms with E-state index in [0.717, 1.165) is 16.0 Å². The van der Waals surface area contributed by atoms with E-state index >= 15 is 0 Å². The highest BCUT2D eigenvalue weighted by Gasteiger charge is 2.56. The number of rotatable bonds is 3. The van der Waals surface area contributed by atoms with Crippen LogP contribution in [0.15, 0.2) is 64.1 Å². The van der Waals surface area contributed by atoms with E-state index < -0.39 is 17.8 Å². The van der Waals surface area contributed by atoms with Gasteiger partial charge in [-0.25, -0.2) is 0 Å². The second kappa shape index (κ2) is 8.48. The van der Waals surface area contributed by atoms with Gasteiger partial charge in [0.1, 0.15) is 5.75 Å². The normalized spacial score (nSPS) is 27.2. The van der Waals surface area contributed by atoms with Gasteiger partial charge in [-0.1, -0.05) is 29.8 Å². The number of ketones is 2. The quantitative estimate of drug-likeness (QED) is 0.365. The molecule has 0 spiro atoms. The molecule has 1 aromatic carbocycles. The molecule has 1 N–H and O–H groups in total. The number of imide groups is 1. The Morgan fingerprint density at radius 2 is 1.76 bits per heavy atom. The monoisotopic (exact) mass is 513 g/mol. The van der Waals surface area contributed by atoms with Crippen LogP contribution in [0.1, 0.15) is 47.3 Å². The first-order valence-corrected chi connectivity index (χ1v) is 13.4. The van der Waals surface area contributed by atoms with Crippen molar-refractivity contribution in [3.05, 3.63) is 85.7 Å². The smallest absolute Gasteiger partial charge is 0.234 e. The Balaban J connectivity index is 1.48. The molecule has 4 aliphatic rings. The van der Waals surface area contributed by atoms with Crippen LogP contribution in [0.3, 0.4) is 0 Å². The largest absolute Gasteiger partial charge is 0.507 e. The van der Waals surface area contributed by atoms with Crippen molar-refractivity contribution in [3.8, 4) is 5.75 Å². The van der Waals surface area contributed by atoms with Gasteiger partial charge in [0.15, 0.2) is 11.6 Å². The number of amides is 2. The van der Waals surface area contributed by atoms with Gasteiger partial charge in [0.25, 0.3) is 0 Å². The molecule has 188 valence electrons. The van der Waals surface area contributed by atoms with E-state index in [0.29, 0.717) is 34.3 Å². The molecular formula is C30H27NO5S. The third kappa shape index (κ3) is 3.51. The zero-order valence-corrected chi connectivity index (χ0v) is 21.7. The van der Waals surface area contributed by atoms with Crippen LogP contribution in [0.5, 0.6) is 5.75 Å². The molecule has 0 unspecified atom stereocenters. The van der Waals surface area contributed by atoms with Gasteiger partial charge in [0.05, 0.1) is 18.4 Å². The van der Waals surface area contributed by atoms with Crippen LogP contribution in [0.25, 0.3) is 0 Å². The van der Waals surface area contributed by atoms with E-state index in [4.69, 9.17) is 0 Å². The Bertz CT molecular complexity index is 1470. The number of hydrogen-bond acceptors (Lipinski definition) is 6. The minimum absolute atomic E-state index is 0.159.